The molecule has 0 saturated carbocycles. The number of ether oxygens (including phenoxy) is 2. The van der Waals surface area contributed by atoms with E-state index in [1.165, 1.54) is 25.5 Å². The fourth-order valence-electron chi connectivity index (χ4n) is 4.20. The SMILES string of the molecule is COc1cc(N2CCOCC2)ccc1C=Nn1c(-c2cccc(C(F)(F)F)c2)nc2ccccc2c1=O. The summed E-state index contributed by atoms with van der Waals surface area (Å²) in [6.07, 6.45) is -3.10. The molecule has 1 aliphatic heterocycles. The molecule has 190 valence electrons. The van der Waals surface area contributed by atoms with E-state index < -0.39 is 17.3 Å². The lowest BCUT2D eigenvalue weighted by molar-refractivity contribution is -0.137. The summed E-state index contributed by atoms with van der Waals surface area (Å²) in [6, 6.07) is 16.9. The van der Waals surface area contributed by atoms with Gasteiger partial charge in [-0.2, -0.15) is 22.9 Å². The van der Waals surface area contributed by atoms with Crippen molar-refractivity contribution >= 4 is 22.8 Å². The van der Waals surface area contributed by atoms with Crippen LogP contribution in [0.25, 0.3) is 22.3 Å². The molecule has 0 bridgehead atoms. The number of hydrogen-bond acceptors (Lipinski definition) is 6. The van der Waals surface area contributed by atoms with Crippen molar-refractivity contribution < 1.29 is 22.6 Å². The Balaban J connectivity index is 1.61. The number of alkyl halides is 3. The van der Waals surface area contributed by atoms with Crippen molar-refractivity contribution in [2.24, 2.45) is 5.10 Å². The number of methoxy groups -OCH3 is 1. The van der Waals surface area contributed by atoms with Crippen LogP contribution in [0.15, 0.2) is 76.6 Å². The minimum absolute atomic E-state index is 0.00467. The third kappa shape index (κ3) is 5.05. The van der Waals surface area contributed by atoms with E-state index >= 15 is 0 Å². The Bertz CT molecular complexity index is 1530. The van der Waals surface area contributed by atoms with Crippen LogP contribution < -0.4 is 15.2 Å². The van der Waals surface area contributed by atoms with Gasteiger partial charge in [0.25, 0.3) is 5.56 Å². The van der Waals surface area contributed by atoms with Gasteiger partial charge in [0.15, 0.2) is 5.82 Å². The fraction of sp³-hybridized carbons (Fsp3) is 0.222. The van der Waals surface area contributed by atoms with Crippen LogP contribution in [0.1, 0.15) is 11.1 Å². The average molecular weight is 509 g/mol. The molecule has 37 heavy (non-hydrogen) atoms. The summed E-state index contributed by atoms with van der Waals surface area (Å²) in [5.41, 5.74) is 0.686. The maximum absolute atomic E-state index is 13.4. The molecule has 0 amide bonds. The molecule has 4 aromatic rings. The lowest BCUT2D eigenvalue weighted by Crippen LogP contribution is -2.36. The molecule has 0 aliphatic carbocycles. The van der Waals surface area contributed by atoms with E-state index in [0.717, 1.165) is 35.6 Å². The molecule has 10 heteroatoms. The number of aromatic nitrogens is 2. The second-order valence-corrected chi connectivity index (χ2v) is 8.42. The minimum atomic E-state index is -4.54. The highest BCUT2D eigenvalue weighted by molar-refractivity contribution is 5.85. The molecule has 1 fully saturated rings. The van der Waals surface area contributed by atoms with Crippen LogP contribution >= 0.6 is 0 Å². The number of hydrogen-bond donors (Lipinski definition) is 0. The number of para-hydroxylation sites is 1. The summed E-state index contributed by atoms with van der Waals surface area (Å²) in [6.45, 7) is 2.80. The zero-order valence-electron chi connectivity index (χ0n) is 19.9. The molecular formula is C27H23F3N4O3. The zero-order chi connectivity index (χ0) is 26.0. The maximum Gasteiger partial charge on any atom is 0.416 e. The summed E-state index contributed by atoms with van der Waals surface area (Å²) in [5, 5.41) is 4.66. The van der Waals surface area contributed by atoms with E-state index in [0.29, 0.717) is 35.4 Å². The van der Waals surface area contributed by atoms with Crippen LogP contribution in [-0.4, -0.2) is 49.3 Å². The standard InChI is InChI=1S/C27H23F3N4O3/c1-36-24-16-21(33-11-13-37-14-12-33)10-9-19(24)17-31-34-25(18-5-4-6-20(15-18)27(28,29)30)32-23-8-3-2-7-22(23)26(34)35/h2-10,15-17H,11-14H2,1H3. The molecule has 1 aliphatic rings. The summed E-state index contributed by atoms with van der Waals surface area (Å²) in [4.78, 5) is 20.0. The lowest BCUT2D eigenvalue weighted by atomic mass is 10.1. The first kappa shape index (κ1) is 24.5. The summed E-state index contributed by atoms with van der Waals surface area (Å²) in [7, 11) is 1.54. The van der Waals surface area contributed by atoms with Crippen molar-refractivity contribution in [2.45, 2.75) is 6.18 Å². The average Bonchev–Trinajstić information content (AvgIpc) is 2.92. The molecule has 1 saturated heterocycles. The summed E-state index contributed by atoms with van der Waals surface area (Å²) < 4.78 is 52.2. The number of halogens is 3. The van der Waals surface area contributed by atoms with Crippen molar-refractivity contribution in [3.63, 3.8) is 0 Å². The first-order valence-electron chi connectivity index (χ1n) is 11.6. The van der Waals surface area contributed by atoms with Crippen molar-refractivity contribution in [1.29, 1.82) is 0 Å². The van der Waals surface area contributed by atoms with Crippen molar-refractivity contribution in [3.05, 3.63) is 88.2 Å². The molecule has 5 rings (SSSR count). The Morgan fingerprint density at radius 1 is 1.03 bits per heavy atom. The largest absolute Gasteiger partial charge is 0.496 e. The van der Waals surface area contributed by atoms with Gasteiger partial charge in [-0.15, -0.1) is 0 Å². The zero-order valence-corrected chi connectivity index (χ0v) is 19.9. The highest BCUT2D eigenvalue weighted by atomic mass is 19.4. The predicted molar refractivity (Wildman–Crippen MR) is 135 cm³/mol. The van der Waals surface area contributed by atoms with Crippen LogP contribution in [0.2, 0.25) is 0 Å². The lowest BCUT2D eigenvalue weighted by Gasteiger charge is -2.29. The van der Waals surface area contributed by atoms with E-state index in [1.807, 2.05) is 18.2 Å². The second kappa shape index (κ2) is 10.1. The summed E-state index contributed by atoms with van der Waals surface area (Å²) >= 11 is 0. The highest BCUT2D eigenvalue weighted by Crippen LogP contribution is 2.32. The number of anilines is 1. The number of rotatable bonds is 5. The van der Waals surface area contributed by atoms with Gasteiger partial charge in [-0.05, 0) is 36.4 Å². The van der Waals surface area contributed by atoms with Crippen LogP contribution in [0, 0.1) is 0 Å². The van der Waals surface area contributed by atoms with E-state index in [9.17, 15) is 18.0 Å². The van der Waals surface area contributed by atoms with Gasteiger partial charge in [0, 0.05) is 36.0 Å². The Hall–Kier alpha value is -4.18. The molecule has 7 nitrogen and oxygen atoms in total. The Labute approximate surface area is 210 Å². The number of morpholine rings is 1. The predicted octanol–water partition coefficient (Wildman–Crippen LogP) is 4.81. The normalized spacial score (nSPS) is 14.4. The van der Waals surface area contributed by atoms with Gasteiger partial charge in [0.2, 0.25) is 0 Å². The van der Waals surface area contributed by atoms with E-state index in [2.05, 4.69) is 15.0 Å². The maximum atomic E-state index is 13.4. The van der Waals surface area contributed by atoms with Crippen LogP contribution in [0.5, 0.6) is 5.75 Å². The molecule has 2 heterocycles. The number of fused-ring (bicyclic) bond motifs is 1. The minimum Gasteiger partial charge on any atom is -0.496 e. The molecule has 0 N–H and O–H groups in total. The Morgan fingerprint density at radius 3 is 2.57 bits per heavy atom. The van der Waals surface area contributed by atoms with Crippen molar-refractivity contribution in [2.75, 3.05) is 38.3 Å². The van der Waals surface area contributed by atoms with Crippen molar-refractivity contribution in [3.8, 4) is 17.1 Å². The Kier molecular flexibility index (Phi) is 6.66. The van der Waals surface area contributed by atoms with Gasteiger partial charge < -0.3 is 14.4 Å². The highest BCUT2D eigenvalue weighted by Gasteiger charge is 2.31. The van der Waals surface area contributed by atoms with Crippen LogP contribution in [0.3, 0.4) is 0 Å². The van der Waals surface area contributed by atoms with Crippen LogP contribution in [-0.2, 0) is 10.9 Å². The molecule has 0 spiro atoms. The first-order chi connectivity index (χ1) is 17.8. The monoisotopic (exact) mass is 508 g/mol. The molecule has 3 aromatic carbocycles. The van der Waals surface area contributed by atoms with Gasteiger partial charge >= 0.3 is 6.18 Å². The first-order valence-corrected chi connectivity index (χ1v) is 11.6. The Morgan fingerprint density at radius 2 is 1.81 bits per heavy atom. The fourth-order valence-corrected chi connectivity index (χ4v) is 4.20. The van der Waals surface area contributed by atoms with E-state index in [4.69, 9.17) is 9.47 Å². The number of benzene rings is 3. The van der Waals surface area contributed by atoms with Gasteiger partial charge in [0.05, 0.1) is 43.0 Å². The second-order valence-electron chi connectivity index (χ2n) is 8.42. The van der Waals surface area contributed by atoms with E-state index in [1.54, 1.807) is 24.3 Å². The third-order valence-electron chi connectivity index (χ3n) is 6.11. The van der Waals surface area contributed by atoms with Crippen molar-refractivity contribution in [1.82, 2.24) is 9.66 Å². The molecule has 1 aromatic heterocycles. The molecule has 0 atom stereocenters. The van der Waals surface area contributed by atoms with Gasteiger partial charge in [-0.3, -0.25) is 4.79 Å². The number of nitrogens with zero attached hydrogens (tertiary/aromatic N) is 4. The molecular weight excluding hydrogens is 485 g/mol. The van der Waals surface area contributed by atoms with Gasteiger partial charge in [0.1, 0.15) is 5.75 Å². The smallest absolute Gasteiger partial charge is 0.416 e. The third-order valence-corrected chi connectivity index (χ3v) is 6.11. The quantitative estimate of drug-likeness (QED) is 0.362. The molecule has 0 unspecified atom stereocenters. The van der Waals surface area contributed by atoms with Gasteiger partial charge in [-0.1, -0.05) is 24.3 Å². The summed E-state index contributed by atoms with van der Waals surface area (Å²) in [5.74, 6) is 0.533. The van der Waals surface area contributed by atoms with Crippen LogP contribution in [0.4, 0.5) is 18.9 Å². The molecule has 0 radical (unpaired) electrons. The van der Waals surface area contributed by atoms with E-state index in [-0.39, 0.29) is 11.4 Å². The topological polar surface area (TPSA) is 69.0 Å². The van der Waals surface area contributed by atoms with Gasteiger partial charge in [-0.25, -0.2) is 4.98 Å².